The van der Waals surface area contributed by atoms with E-state index in [1.54, 1.807) is 24.3 Å². The Morgan fingerprint density at radius 1 is 0.950 bits per heavy atom. The summed E-state index contributed by atoms with van der Waals surface area (Å²) in [5, 5.41) is 3.81. The molecule has 0 atom stereocenters. The Labute approximate surface area is 124 Å². The summed E-state index contributed by atoms with van der Waals surface area (Å²) >= 11 is 5.67. The zero-order valence-corrected chi connectivity index (χ0v) is 11.8. The van der Waals surface area contributed by atoms with Gasteiger partial charge in [-0.25, -0.2) is 0 Å². The van der Waals surface area contributed by atoms with Gasteiger partial charge >= 0.3 is 5.51 Å². The molecule has 0 amide bonds. The van der Waals surface area contributed by atoms with Gasteiger partial charge in [0, 0.05) is 22.2 Å². The van der Waals surface area contributed by atoms with Crippen LogP contribution >= 0.6 is 23.4 Å². The Morgan fingerprint density at radius 3 is 2.10 bits per heavy atom. The minimum absolute atomic E-state index is 0.117. The Kier molecular flexibility index (Phi) is 4.83. The Hall–Kier alpha value is -1.33. The molecule has 1 N–H and O–H groups in total. The number of nitrogens with one attached hydrogen (secondary N) is 1. The van der Waals surface area contributed by atoms with Crippen molar-refractivity contribution in [2.75, 3.05) is 5.32 Å². The van der Waals surface area contributed by atoms with E-state index < -0.39 is 5.51 Å². The van der Waals surface area contributed by atoms with E-state index in [1.807, 2.05) is 12.1 Å². The van der Waals surface area contributed by atoms with E-state index >= 15 is 0 Å². The zero-order chi connectivity index (χ0) is 14.6. The van der Waals surface area contributed by atoms with Crippen LogP contribution in [0.2, 0.25) is 5.02 Å². The van der Waals surface area contributed by atoms with Crippen molar-refractivity contribution in [1.82, 2.24) is 0 Å². The minimum atomic E-state index is -4.25. The summed E-state index contributed by atoms with van der Waals surface area (Å²) in [5.74, 6) is 0. The highest BCUT2D eigenvalue weighted by molar-refractivity contribution is 8.00. The summed E-state index contributed by atoms with van der Waals surface area (Å²) in [5.41, 5.74) is -2.44. The molecular formula is C14H11ClF3NS. The largest absolute Gasteiger partial charge is 0.446 e. The van der Waals surface area contributed by atoms with E-state index in [0.717, 1.165) is 11.3 Å². The zero-order valence-electron chi connectivity index (χ0n) is 10.2. The first-order valence-electron chi connectivity index (χ1n) is 5.76. The van der Waals surface area contributed by atoms with Gasteiger partial charge in [0.05, 0.1) is 0 Å². The molecule has 20 heavy (non-hydrogen) atoms. The van der Waals surface area contributed by atoms with Crippen molar-refractivity contribution < 1.29 is 13.2 Å². The number of benzene rings is 2. The molecule has 0 aliphatic heterocycles. The number of halogens is 4. The highest BCUT2D eigenvalue weighted by Crippen LogP contribution is 2.37. The van der Waals surface area contributed by atoms with Crippen LogP contribution in [0.3, 0.4) is 0 Å². The third kappa shape index (κ3) is 4.98. The Morgan fingerprint density at radius 2 is 1.55 bits per heavy atom. The standard InChI is InChI=1S/C14H11ClF3NS/c15-11-3-1-10(2-4-11)9-19-12-5-7-13(8-6-12)20-14(16,17)18/h1-8,19H,9H2. The fraction of sp³-hybridized carbons (Fsp3) is 0.143. The molecule has 2 aromatic rings. The SMILES string of the molecule is FC(F)(F)Sc1ccc(NCc2ccc(Cl)cc2)cc1. The van der Waals surface area contributed by atoms with Crippen LogP contribution in [0.25, 0.3) is 0 Å². The number of anilines is 1. The topological polar surface area (TPSA) is 12.0 Å². The van der Waals surface area contributed by atoms with Gasteiger partial charge in [-0.1, -0.05) is 23.7 Å². The second-order valence-electron chi connectivity index (χ2n) is 4.05. The molecule has 0 unspecified atom stereocenters. The molecular weight excluding hydrogens is 307 g/mol. The van der Waals surface area contributed by atoms with E-state index in [1.165, 1.54) is 12.1 Å². The molecule has 0 radical (unpaired) electrons. The van der Waals surface area contributed by atoms with Crippen molar-refractivity contribution in [3.05, 3.63) is 59.1 Å². The molecule has 0 spiro atoms. The molecule has 0 heterocycles. The van der Waals surface area contributed by atoms with Gasteiger partial charge in [-0.2, -0.15) is 13.2 Å². The molecule has 1 nitrogen and oxygen atoms in total. The van der Waals surface area contributed by atoms with Crippen LogP contribution in [0, 0.1) is 0 Å². The fourth-order valence-electron chi connectivity index (χ4n) is 1.58. The lowest BCUT2D eigenvalue weighted by atomic mass is 10.2. The maximum atomic E-state index is 12.2. The quantitative estimate of drug-likeness (QED) is 0.740. The second kappa shape index (κ2) is 6.41. The molecule has 0 bridgehead atoms. The van der Waals surface area contributed by atoms with Gasteiger partial charge in [0.1, 0.15) is 0 Å². The predicted octanol–water partition coefficient (Wildman–Crippen LogP) is 5.56. The molecule has 0 aliphatic carbocycles. The molecule has 2 aromatic carbocycles. The number of hydrogen-bond donors (Lipinski definition) is 1. The van der Waals surface area contributed by atoms with E-state index in [9.17, 15) is 13.2 Å². The lowest BCUT2D eigenvalue weighted by molar-refractivity contribution is -0.0328. The maximum Gasteiger partial charge on any atom is 0.446 e. The lowest BCUT2D eigenvalue weighted by Crippen LogP contribution is -2.00. The van der Waals surface area contributed by atoms with Gasteiger partial charge < -0.3 is 5.32 Å². The normalized spacial score (nSPS) is 11.4. The first-order chi connectivity index (χ1) is 9.42. The van der Waals surface area contributed by atoms with Crippen molar-refractivity contribution in [2.24, 2.45) is 0 Å². The summed E-state index contributed by atoms with van der Waals surface area (Å²) in [6.07, 6.45) is 0. The third-order valence-corrected chi connectivity index (χ3v) is 3.49. The Balaban J connectivity index is 1.92. The van der Waals surface area contributed by atoms with Crippen LogP contribution in [-0.4, -0.2) is 5.51 Å². The minimum Gasteiger partial charge on any atom is -0.381 e. The van der Waals surface area contributed by atoms with E-state index in [2.05, 4.69) is 5.32 Å². The van der Waals surface area contributed by atoms with Crippen molar-refractivity contribution in [2.45, 2.75) is 16.9 Å². The van der Waals surface area contributed by atoms with Crippen molar-refractivity contribution in [3.63, 3.8) is 0 Å². The van der Waals surface area contributed by atoms with Crippen LogP contribution in [0.5, 0.6) is 0 Å². The van der Waals surface area contributed by atoms with Gasteiger partial charge in [0.25, 0.3) is 0 Å². The van der Waals surface area contributed by atoms with Crippen LogP contribution in [-0.2, 0) is 6.54 Å². The average Bonchev–Trinajstić information content (AvgIpc) is 2.38. The first kappa shape index (κ1) is 15.1. The molecule has 106 valence electrons. The number of rotatable bonds is 4. The molecule has 6 heteroatoms. The summed E-state index contributed by atoms with van der Waals surface area (Å²) in [4.78, 5) is 0.176. The molecule has 0 saturated heterocycles. The van der Waals surface area contributed by atoms with Crippen LogP contribution < -0.4 is 5.32 Å². The third-order valence-electron chi connectivity index (χ3n) is 2.50. The van der Waals surface area contributed by atoms with E-state index in [4.69, 9.17) is 11.6 Å². The van der Waals surface area contributed by atoms with E-state index in [0.29, 0.717) is 11.6 Å². The summed E-state index contributed by atoms with van der Waals surface area (Å²) in [7, 11) is 0. The second-order valence-corrected chi connectivity index (χ2v) is 5.63. The van der Waals surface area contributed by atoms with Gasteiger partial charge in [0.2, 0.25) is 0 Å². The van der Waals surface area contributed by atoms with Gasteiger partial charge in [-0.05, 0) is 53.7 Å². The van der Waals surface area contributed by atoms with Gasteiger partial charge in [-0.15, -0.1) is 0 Å². The molecule has 0 fully saturated rings. The van der Waals surface area contributed by atoms with Crippen molar-refractivity contribution in [3.8, 4) is 0 Å². The summed E-state index contributed by atoms with van der Waals surface area (Å²) < 4.78 is 36.5. The molecule has 2 rings (SSSR count). The fourth-order valence-corrected chi connectivity index (χ4v) is 2.25. The van der Waals surface area contributed by atoms with E-state index in [-0.39, 0.29) is 16.7 Å². The smallest absolute Gasteiger partial charge is 0.381 e. The Bertz CT molecular complexity index is 552. The average molecular weight is 318 g/mol. The number of alkyl halides is 3. The lowest BCUT2D eigenvalue weighted by Gasteiger charge is -2.09. The highest BCUT2D eigenvalue weighted by atomic mass is 35.5. The van der Waals surface area contributed by atoms with Crippen LogP contribution in [0.15, 0.2) is 53.4 Å². The predicted molar refractivity (Wildman–Crippen MR) is 77.1 cm³/mol. The van der Waals surface area contributed by atoms with Gasteiger partial charge in [-0.3, -0.25) is 0 Å². The van der Waals surface area contributed by atoms with Gasteiger partial charge in [0.15, 0.2) is 0 Å². The molecule has 0 saturated carbocycles. The van der Waals surface area contributed by atoms with Crippen molar-refractivity contribution in [1.29, 1.82) is 0 Å². The molecule has 0 aliphatic rings. The maximum absolute atomic E-state index is 12.2. The van der Waals surface area contributed by atoms with Crippen molar-refractivity contribution >= 4 is 29.1 Å². The molecule has 0 aromatic heterocycles. The van der Waals surface area contributed by atoms with Crippen LogP contribution in [0.4, 0.5) is 18.9 Å². The highest BCUT2D eigenvalue weighted by Gasteiger charge is 2.28. The number of hydrogen-bond acceptors (Lipinski definition) is 2. The monoisotopic (exact) mass is 317 g/mol. The summed E-state index contributed by atoms with van der Waals surface area (Å²) in [6, 6.07) is 13.5. The van der Waals surface area contributed by atoms with Crippen LogP contribution in [0.1, 0.15) is 5.56 Å². The number of thioether (sulfide) groups is 1. The summed E-state index contributed by atoms with van der Waals surface area (Å²) in [6.45, 7) is 0.586. The first-order valence-corrected chi connectivity index (χ1v) is 6.96.